The monoisotopic (exact) mass is 350 g/mol. The van der Waals surface area contributed by atoms with Crippen molar-refractivity contribution >= 4 is 5.91 Å². The third-order valence-electron chi connectivity index (χ3n) is 6.37. The minimum atomic E-state index is 0.271. The van der Waals surface area contributed by atoms with Crippen molar-refractivity contribution in [2.75, 3.05) is 13.1 Å². The highest BCUT2D eigenvalue weighted by molar-refractivity contribution is 5.79. The number of carbonyl (C=O) groups excluding carboxylic acids is 1. The molecule has 0 N–H and O–H groups in total. The van der Waals surface area contributed by atoms with Gasteiger partial charge in [0.15, 0.2) is 0 Å². The summed E-state index contributed by atoms with van der Waals surface area (Å²) in [5.74, 6) is 3.03. The van der Waals surface area contributed by atoms with Crippen LogP contribution in [0, 0.1) is 0 Å². The average molecular weight is 350 g/mol. The summed E-state index contributed by atoms with van der Waals surface area (Å²) in [6, 6.07) is 6.63. The summed E-state index contributed by atoms with van der Waals surface area (Å²) in [4.78, 5) is 14.8. The lowest BCUT2D eigenvalue weighted by Gasteiger charge is -2.31. The number of likely N-dealkylation sites (tertiary alicyclic amines) is 1. The minimum Gasteiger partial charge on any atom is -0.342 e. The summed E-state index contributed by atoms with van der Waals surface area (Å²) in [5.41, 5.74) is 4.10. The van der Waals surface area contributed by atoms with E-state index in [2.05, 4.69) is 33.0 Å². The second kappa shape index (κ2) is 6.53. The van der Waals surface area contributed by atoms with Gasteiger partial charge in [0.2, 0.25) is 5.91 Å². The maximum Gasteiger partial charge on any atom is 0.226 e. The molecule has 1 aliphatic carbocycles. The van der Waals surface area contributed by atoms with Crippen molar-refractivity contribution in [1.82, 2.24) is 19.7 Å². The number of aryl methyl sites for hydroxylation is 3. The second-order valence-corrected chi connectivity index (χ2v) is 8.02. The Labute approximate surface area is 154 Å². The van der Waals surface area contributed by atoms with Gasteiger partial charge in [0.1, 0.15) is 11.6 Å². The number of rotatable bonds is 3. The number of piperidine rings is 1. The first-order chi connectivity index (χ1) is 12.8. The Kier molecular flexibility index (Phi) is 4.03. The Morgan fingerprint density at radius 2 is 1.85 bits per heavy atom. The molecule has 0 spiro atoms. The lowest BCUT2D eigenvalue weighted by molar-refractivity contribution is -0.131. The maximum absolute atomic E-state index is 12.7. The molecular formula is C21H26N4O. The number of amides is 1. The molecule has 2 aromatic rings. The van der Waals surface area contributed by atoms with Crippen LogP contribution >= 0.6 is 0 Å². The van der Waals surface area contributed by atoms with E-state index in [1.54, 1.807) is 0 Å². The van der Waals surface area contributed by atoms with Gasteiger partial charge in [-0.25, -0.2) is 0 Å². The van der Waals surface area contributed by atoms with Crippen molar-refractivity contribution in [3.05, 3.63) is 46.5 Å². The Morgan fingerprint density at radius 3 is 2.73 bits per heavy atom. The summed E-state index contributed by atoms with van der Waals surface area (Å²) in [6.45, 7) is 2.75. The van der Waals surface area contributed by atoms with E-state index in [9.17, 15) is 4.79 Å². The lowest BCUT2D eigenvalue weighted by Crippen LogP contribution is -2.39. The summed E-state index contributed by atoms with van der Waals surface area (Å²) < 4.78 is 2.31. The molecule has 136 valence electrons. The van der Waals surface area contributed by atoms with E-state index < -0.39 is 0 Å². The Hall–Kier alpha value is -2.17. The van der Waals surface area contributed by atoms with Gasteiger partial charge in [-0.1, -0.05) is 18.2 Å². The molecule has 3 aliphatic rings. The van der Waals surface area contributed by atoms with Gasteiger partial charge in [-0.3, -0.25) is 4.79 Å². The highest BCUT2D eigenvalue weighted by Gasteiger charge is 2.29. The minimum absolute atomic E-state index is 0.271. The maximum atomic E-state index is 12.7. The van der Waals surface area contributed by atoms with E-state index in [0.29, 0.717) is 12.3 Å². The van der Waals surface area contributed by atoms with E-state index in [1.807, 2.05) is 4.90 Å². The number of hydrogen-bond acceptors (Lipinski definition) is 3. The Morgan fingerprint density at radius 1 is 1.00 bits per heavy atom. The zero-order chi connectivity index (χ0) is 17.5. The number of carbonyl (C=O) groups is 1. The normalized spacial score (nSPS) is 19.6. The van der Waals surface area contributed by atoms with Crippen LogP contribution in [0.5, 0.6) is 0 Å². The molecule has 5 nitrogen and oxygen atoms in total. The van der Waals surface area contributed by atoms with Crippen LogP contribution in [0.15, 0.2) is 18.2 Å². The fourth-order valence-corrected chi connectivity index (χ4v) is 4.88. The third kappa shape index (κ3) is 2.83. The van der Waals surface area contributed by atoms with Gasteiger partial charge in [-0.2, -0.15) is 0 Å². The van der Waals surface area contributed by atoms with Gasteiger partial charge in [0.05, 0.1) is 6.42 Å². The third-order valence-corrected chi connectivity index (χ3v) is 6.37. The largest absolute Gasteiger partial charge is 0.342 e. The SMILES string of the molecule is O=C(Cc1ccc2c(c1)CCC2)N1CCC(c2nnc3n2CCC3)CC1. The smallest absolute Gasteiger partial charge is 0.226 e. The van der Waals surface area contributed by atoms with Crippen LogP contribution < -0.4 is 0 Å². The van der Waals surface area contributed by atoms with Gasteiger partial charge < -0.3 is 9.47 Å². The van der Waals surface area contributed by atoms with Gasteiger partial charge in [-0.15, -0.1) is 10.2 Å². The summed E-state index contributed by atoms with van der Waals surface area (Å²) in [6.07, 6.45) is 8.43. The fraction of sp³-hybridized carbons (Fsp3) is 0.571. The van der Waals surface area contributed by atoms with E-state index in [1.165, 1.54) is 42.4 Å². The molecule has 0 radical (unpaired) electrons. The van der Waals surface area contributed by atoms with Crippen LogP contribution in [0.4, 0.5) is 0 Å². The molecule has 5 heteroatoms. The zero-order valence-electron chi connectivity index (χ0n) is 15.3. The molecule has 2 aliphatic heterocycles. The number of nitrogens with zero attached hydrogens (tertiary/aromatic N) is 4. The highest BCUT2D eigenvalue weighted by atomic mass is 16.2. The molecule has 5 rings (SSSR count). The molecule has 26 heavy (non-hydrogen) atoms. The van der Waals surface area contributed by atoms with Crippen molar-refractivity contribution in [2.45, 2.75) is 63.8 Å². The zero-order valence-corrected chi connectivity index (χ0v) is 15.3. The quantitative estimate of drug-likeness (QED) is 0.855. The molecule has 0 atom stereocenters. The van der Waals surface area contributed by atoms with Crippen LogP contribution in [0.1, 0.15) is 59.9 Å². The van der Waals surface area contributed by atoms with E-state index in [-0.39, 0.29) is 5.91 Å². The van der Waals surface area contributed by atoms with E-state index in [4.69, 9.17) is 0 Å². The number of benzene rings is 1. The molecule has 0 unspecified atom stereocenters. The van der Waals surface area contributed by atoms with Crippen LogP contribution in [0.25, 0.3) is 0 Å². The highest BCUT2D eigenvalue weighted by Crippen LogP contribution is 2.30. The van der Waals surface area contributed by atoms with Crippen molar-refractivity contribution in [2.24, 2.45) is 0 Å². The number of hydrogen-bond donors (Lipinski definition) is 0. The lowest BCUT2D eigenvalue weighted by atomic mass is 9.95. The molecule has 0 bridgehead atoms. The van der Waals surface area contributed by atoms with Gasteiger partial charge in [0.25, 0.3) is 0 Å². The van der Waals surface area contributed by atoms with Gasteiger partial charge >= 0.3 is 0 Å². The van der Waals surface area contributed by atoms with Gasteiger partial charge in [0, 0.05) is 32.0 Å². The van der Waals surface area contributed by atoms with E-state index >= 15 is 0 Å². The Bertz CT molecular complexity index is 833. The van der Waals surface area contributed by atoms with Gasteiger partial charge in [-0.05, 0) is 55.2 Å². The molecule has 1 aromatic carbocycles. The van der Waals surface area contributed by atoms with Crippen LogP contribution in [0.3, 0.4) is 0 Å². The second-order valence-electron chi connectivity index (χ2n) is 8.02. The molecule has 0 saturated carbocycles. The van der Waals surface area contributed by atoms with E-state index in [0.717, 1.165) is 50.5 Å². The molecule has 1 saturated heterocycles. The molecule has 1 aromatic heterocycles. The molecule has 3 heterocycles. The fourth-order valence-electron chi connectivity index (χ4n) is 4.88. The van der Waals surface area contributed by atoms with Crippen molar-refractivity contribution < 1.29 is 4.79 Å². The molecular weight excluding hydrogens is 324 g/mol. The summed E-state index contributed by atoms with van der Waals surface area (Å²) in [7, 11) is 0. The van der Waals surface area contributed by atoms with Crippen molar-refractivity contribution in [3.8, 4) is 0 Å². The van der Waals surface area contributed by atoms with Crippen LogP contribution in [0.2, 0.25) is 0 Å². The summed E-state index contributed by atoms with van der Waals surface area (Å²) in [5, 5.41) is 8.78. The Balaban J connectivity index is 1.20. The first-order valence-electron chi connectivity index (χ1n) is 10.1. The number of fused-ring (bicyclic) bond motifs is 2. The predicted octanol–water partition coefficient (Wildman–Crippen LogP) is 2.66. The van der Waals surface area contributed by atoms with Crippen LogP contribution in [-0.4, -0.2) is 38.7 Å². The van der Waals surface area contributed by atoms with Crippen molar-refractivity contribution in [1.29, 1.82) is 0 Å². The first-order valence-corrected chi connectivity index (χ1v) is 10.1. The first kappa shape index (κ1) is 16.0. The van der Waals surface area contributed by atoms with Crippen LogP contribution in [-0.2, 0) is 37.0 Å². The standard InChI is InChI=1S/C21H26N4O/c26-20(14-15-6-7-16-3-1-4-18(16)13-15)24-11-8-17(9-12-24)21-23-22-19-5-2-10-25(19)21/h6-7,13,17H,1-5,8-12,14H2. The average Bonchev–Trinajstić information content (AvgIpc) is 3.38. The summed E-state index contributed by atoms with van der Waals surface area (Å²) >= 11 is 0. The molecule has 1 amide bonds. The van der Waals surface area contributed by atoms with Crippen molar-refractivity contribution in [3.63, 3.8) is 0 Å². The molecule has 1 fully saturated rings. The topological polar surface area (TPSA) is 51.0 Å². The predicted molar refractivity (Wildman–Crippen MR) is 99.1 cm³/mol. The number of aromatic nitrogens is 3.